The molecule has 0 aromatic carbocycles. The Balaban J connectivity index is 3.19. The molecule has 15 heavy (non-hydrogen) atoms. The van der Waals surface area contributed by atoms with E-state index < -0.39 is 5.97 Å². The maximum atomic E-state index is 10.3. The van der Waals surface area contributed by atoms with E-state index in [2.05, 4.69) is 4.98 Å². The third-order valence-corrected chi connectivity index (χ3v) is 1.94. The SMILES string of the molecule is Cc1ncc(C=CC(=O)O)c(CO)c1O. The summed E-state index contributed by atoms with van der Waals surface area (Å²) in [5.74, 6) is -1.20. The Kier molecular flexibility index (Phi) is 3.41. The quantitative estimate of drug-likeness (QED) is 0.637. The zero-order valence-electron chi connectivity index (χ0n) is 8.14. The van der Waals surface area contributed by atoms with Gasteiger partial charge < -0.3 is 15.3 Å². The second kappa shape index (κ2) is 4.56. The fourth-order valence-electron chi connectivity index (χ4n) is 1.13. The van der Waals surface area contributed by atoms with Gasteiger partial charge in [0.15, 0.2) is 0 Å². The number of aromatic nitrogens is 1. The fraction of sp³-hybridized carbons (Fsp3) is 0.200. The van der Waals surface area contributed by atoms with E-state index in [0.717, 1.165) is 6.08 Å². The van der Waals surface area contributed by atoms with Gasteiger partial charge in [-0.05, 0) is 13.0 Å². The van der Waals surface area contributed by atoms with Crippen LogP contribution in [-0.2, 0) is 11.4 Å². The van der Waals surface area contributed by atoms with Crippen molar-refractivity contribution in [1.82, 2.24) is 4.98 Å². The summed E-state index contributed by atoms with van der Waals surface area (Å²) < 4.78 is 0. The molecule has 0 bridgehead atoms. The lowest BCUT2D eigenvalue weighted by atomic mass is 10.1. The van der Waals surface area contributed by atoms with Crippen molar-refractivity contribution in [3.8, 4) is 5.75 Å². The van der Waals surface area contributed by atoms with E-state index in [1.165, 1.54) is 12.3 Å². The molecule has 1 rings (SSSR count). The average molecular weight is 209 g/mol. The van der Waals surface area contributed by atoms with E-state index in [0.29, 0.717) is 11.3 Å². The lowest BCUT2D eigenvalue weighted by Crippen LogP contribution is -1.95. The number of aliphatic carboxylic acids is 1. The molecule has 0 saturated carbocycles. The minimum Gasteiger partial charge on any atom is -0.506 e. The molecule has 80 valence electrons. The van der Waals surface area contributed by atoms with Crippen molar-refractivity contribution in [3.05, 3.63) is 29.1 Å². The van der Waals surface area contributed by atoms with Crippen LogP contribution in [0.25, 0.3) is 6.08 Å². The van der Waals surface area contributed by atoms with Crippen LogP contribution in [0, 0.1) is 6.92 Å². The molecule has 1 aromatic heterocycles. The Labute approximate surface area is 86.3 Å². The molecule has 0 amide bonds. The Morgan fingerprint density at radius 3 is 2.80 bits per heavy atom. The molecule has 1 aromatic rings. The number of aliphatic hydroxyl groups is 1. The van der Waals surface area contributed by atoms with E-state index in [1.54, 1.807) is 6.92 Å². The first kappa shape index (κ1) is 11.2. The Bertz CT molecular complexity index is 412. The van der Waals surface area contributed by atoms with Crippen molar-refractivity contribution in [2.45, 2.75) is 13.5 Å². The number of hydrogen-bond donors (Lipinski definition) is 3. The van der Waals surface area contributed by atoms with E-state index in [1.807, 2.05) is 0 Å². The molecule has 0 aliphatic rings. The second-order valence-electron chi connectivity index (χ2n) is 2.96. The van der Waals surface area contributed by atoms with Gasteiger partial charge in [0.1, 0.15) is 5.75 Å². The Hall–Kier alpha value is -1.88. The lowest BCUT2D eigenvalue weighted by molar-refractivity contribution is -0.131. The van der Waals surface area contributed by atoms with Crippen LogP contribution in [0.3, 0.4) is 0 Å². The van der Waals surface area contributed by atoms with Crippen molar-refractivity contribution in [1.29, 1.82) is 0 Å². The summed E-state index contributed by atoms with van der Waals surface area (Å²) in [6.07, 6.45) is 3.60. The minimum absolute atomic E-state index is 0.106. The van der Waals surface area contributed by atoms with Gasteiger partial charge >= 0.3 is 5.97 Å². The molecule has 1 heterocycles. The molecule has 0 unspecified atom stereocenters. The summed E-state index contributed by atoms with van der Waals surface area (Å²) in [6.45, 7) is 1.23. The maximum Gasteiger partial charge on any atom is 0.328 e. The molecule has 0 aliphatic heterocycles. The topological polar surface area (TPSA) is 90.7 Å². The van der Waals surface area contributed by atoms with Gasteiger partial charge in [-0.15, -0.1) is 0 Å². The normalized spacial score (nSPS) is 10.8. The van der Waals surface area contributed by atoms with Gasteiger partial charge in [-0.2, -0.15) is 0 Å². The summed E-state index contributed by atoms with van der Waals surface area (Å²) >= 11 is 0. The number of hydrogen-bond acceptors (Lipinski definition) is 4. The summed E-state index contributed by atoms with van der Waals surface area (Å²) in [7, 11) is 0. The largest absolute Gasteiger partial charge is 0.506 e. The second-order valence-corrected chi connectivity index (χ2v) is 2.96. The number of carboxylic acids is 1. The molecule has 0 saturated heterocycles. The number of rotatable bonds is 3. The van der Waals surface area contributed by atoms with Crippen LogP contribution in [0.5, 0.6) is 5.75 Å². The first-order valence-electron chi connectivity index (χ1n) is 4.25. The predicted molar refractivity (Wildman–Crippen MR) is 53.2 cm³/mol. The smallest absolute Gasteiger partial charge is 0.328 e. The number of aryl methyl sites for hydroxylation is 1. The van der Waals surface area contributed by atoms with E-state index in [9.17, 15) is 9.90 Å². The maximum absolute atomic E-state index is 10.3. The van der Waals surface area contributed by atoms with Crippen molar-refractivity contribution < 1.29 is 20.1 Å². The number of aliphatic hydroxyl groups excluding tert-OH is 1. The van der Waals surface area contributed by atoms with Gasteiger partial charge in [0.2, 0.25) is 0 Å². The summed E-state index contributed by atoms with van der Waals surface area (Å²) in [4.78, 5) is 14.2. The third-order valence-electron chi connectivity index (χ3n) is 1.94. The molecule has 5 nitrogen and oxygen atoms in total. The molecular weight excluding hydrogens is 198 g/mol. The Morgan fingerprint density at radius 1 is 1.60 bits per heavy atom. The minimum atomic E-state index is -1.10. The zero-order chi connectivity index (χ0) is 11.4. The van der Waals surface area contributed by atoms with Gasteiger partial charge in [0.05, 0.1) is 12.3 Å². The van der Waals surface area contributed by atoms with E-state index >= 15 is 0 Å². The summed E-state index contributed by atoms with van der Waals surface area (Å²) in [5, 5.41) is 27.0. The van der Waals surface area contributed by atoms with E-state index in [4.69, 9.17) is 10.2 Å². The molecule has 0 atom stereocenters. The van der Waals surface area contributed by atoms with Gasteiger partial charge in [0, 0.05) is 23.4 Å². The van der Waals surface area contributed by atoms with Gasteiger partial charge in [-0.3, -0.25) is 4.98 Å². The van der Waals surface area contributed by atoms with Crippen LogP contribution < -0.4 is 0 Å². The number of nitrogens with zero attached hydrogens (tertiary/aromatic N) is 1. The Morgan fingerprint density at radius 2 is 2.27 bits per heavy atom. The lowest BCUT2D eigenvalue weighted by Gasteiger charge is -2.07. The third kappa shape index (κ3) is 2.54. The number of aromatic hydroxyl groups is 1. The molecule has 5 heteroatoms. The van der Waals surface area contributed by atoms with Crippen molar-refractivity contribution in [3.63, 3.8) is 0 Å². The van der Waals surface area contributed by atoms with Crippen LogP contribution in [-0.4, -0.2) is 26.3 Å². The van der Waals surface area contributed by atoms with Crippen LogP contribution in [0.2, 0.25) is 0 Å². The van der Waals surface area contributed by atoms with E-state index in [-0.39, 0.29) is 17.9 Å². The molecule has 0 radical (unpaired) electrons. The number of carbonyl (C=O) groups is 1. The first-order valence-corrected chi connectivity index (χ1v) is 4.25. The summed E-state index contributed by atoms with van der Waals surface area (Å²) in [5.41, 5.74) is 1.06. The van der Waals surface area contributed by atoms with Crippen molar-refractivity contribution in [2.24, 2.45) is 0 Å². The number of carboxylic acid groups (broad SMARTS) is 1. The van der Waals surface area contributed by atoms with Crippen LogP contribution in [0.4, 0.5) is 0 Å². The van der Waals surface area contributed by atoms with Crippen LogP contribution in [0.1, 0.15) is 16.8 Å². The predicted octanol–water partition coefficient (Wildman–Crippen LogP) is 0.686. The first-order chi connectivity index (χ1) is 7.06. The highest BCUT2D eigenvalue weighted by Gasteiger charge is 2.08. The van der Waals surface area contributed by atoms with Gasteiger partial charge in [0.25, 0.3) is 0 Å². The van der Waals surface area contributed by atoms with Gasteiger partial charge in [-0.1, -0.05) is 0 Å². The highest BCUT2D eigenvalue weighted by molar-refractivity contribution is 5.85. The molecule has 0 spiro atoms. The molecule has 0 aliphatic carbocycles. The highest BCUT2D eigenvalue weighted by Crippen LogP contribution is 2.24. The van der Waals surface area contributed by atoms with Crippen LogP contribution >= 0.6 is 0 Å². The molecule has 0 fully saturated rings. The van der Waals surface area contributed by atoms with Crippen molar-refractivity contribution in [2.75, 3.05) is 0 Å². The standard InChI is InChI=1S/C10H11NO4/c1-6-10(15)8(5-12)7(4-11-6)2-3-9(13)14/h2-4,12,15H,5H2,1H3,(H,13,14). The highest BCUT2D eigenvalue weighted by atomic mass is 16.4. The fourth-order valence-corrected chi connectivity index (χ4v) is 1.13. The zero-order valence-corrected chi connectivity index (χ0v) is 8.14. The van der Waals surface area contributed by atoms with Gasteiger partial charge in [-0.25, -0.2) is 4.79 Å². The molecular formula is C10H11NO4. The number of pyridine rings is 1. The van der Waals surface area contributed by atoms with Crippen molar-refractivity contribution >= 4 is 12.0 Å². The summed E-state index contributed by atoms with van der Waals surface area (Å²) in [6, 6.07) is 0. The monoisotopic (exact) mass is 209 g/mol. The average Bonchev–Trinajstić information content (AvgIpc) is 2.19. The van der Waals surface area contributed by atoms with Crippen LogP contribution in [0.15, 0.2) is 12.3 Å². The molecule has 3 N–H and O–H groups in total.